The fourth-order valence-corrected chi connectivity index (χ4v) is 4.66. The quantitative estimate of drug-likeness (QED) is 0.466. The number of nitrogens with zero attached hydrogens (tertiary/aromatic N) is 1. The van der Waals surface area contributed by atoms with Gasteiger partial charge in [-0.3, -0.25) is 9.59 Å². The Morgan fingerprint density at radius 2 is 1.73 bits per heavy atom. The van der Waals surface area contributed by atoms with E-state index >= 15 is 0 Å². The average Bonchev–Trinajstić information content (AvgIpc) is 3.39. The van der Waals surface area contributed by atoms with Crippen LogP contribution in [0.2, 0.25) is 0 Å². The minimum atomic E-state index is -0.986. The molecule has 170 valence electrons. The van der Waals surface area contributed by atoms with Crippen molar-refractivity contribution in [3.05, 3.63) is 75.7 Å². The number of nitrogens with one attached hydrogen (secondary N) is 2. The molecule has 1 atom stereocenters. The van der Waals surface area contributed by atoms with Crippen LogP contribution < -0.4 is 10.6 Å². The highest BCUT2D eigenvalue weighted by Crippen LogP contribution is 2.44. The summed E-state index contributed by atoms with van der Waals surface area (Å²) in [5, 5.41) is 14.6. The standard InChI is InChI=1S/C24H23N3O5S/c1-14(10-22(28)29)27-23(30)20-11-25-21(33-20)12-26-24(31)32-13-19-17-8-4-2-6-15(17)16-7-3-5-9-18(16)19/h2-9,11,14,19H,10,12-13H2,1H3,(H,26,31)(H,27,30)(H,28,29)/t14-/m1/s1. The van der Waals surface area contributed by atoms with Gasteiger partial charge in [0.1, 0.15) is 16.5 Å². The van der Waals surface area contributed by atoms with Crippen molar-refractivity contribution in [2.75, 3.05) is 6.61 Å². The normalized spacial score (nSPS) is 13.0. The number of carboxylic acids is 1. The lowest BCUT2D eigenvalue weighted by Gasteiger charge is -2.14. The van der Waals surface area contributed by atoms with Gasteiger partial charge in [0.2, 0.25) is 0 Å². The predicted octanol–water partition coefficient (Wildman–Crippen LogP) is 3.77. The fraction of sp³-hybridized carbons (Fsp3) is 0.250. The number of hydrogen-bond donors (Lipinski definition) is 3. The van der Waals surface area contributed by atoms with E-state index in [4.69, 9.17) is 9.84 Å². The summed E-state index contributed by atoms with van der Waals surface area (Å²) in [7, 11) is 0. The Hall–Kier alpha value is -3.72. The molecule has 1 aliphatic rings. The highest BCUT2D eigenvalue weighted by atomic mass is 32.1. The van der Waals surface area contributed by atoms with Crippen LogP contribution in [0.4, 0.5) is 4.79 Å². The molecule has 0 spiro atoms. The van der Waals surface area contributed by atoms with Gasteiger partial charge in [0, 0.05) is 12.0 Å². The third kappa shape index (κ3) is 5.20. The van der Waals surface area contributed by atoms with E-state index in [0.29, 0.717) is 9.88 Å². The summed E-state index contributed by atoms with van der Waals surface area (Å²) in [6.45, 7) is 1.96. The van der Waals surface area contributed by atoms with Crippen LogP contribution in [0, 0.1) is 0 Å². The average molecular weight is 466 g/mol. The lowest BCUT2D eigenvalue weighted by Crippen LogP contribution is -2.33. The first-order valence-electron chi connectivity index (χ1n) is 10.5. The minimum Gasteiger partial charge on any atom is -0.481 e. The van der Waals surface area contributed by atoms with Gasteiger partial charge in [-0.05, 0) is 29.2 Å². The first kappa shape index (κ1) is 22.5. The van der Waals surface area contributed by atoms with Crippen molar-refractivity contribution in [3.8, 4) is 11.1 Å². The number of carbonyl (C=O) groups is 3. The molecule has 33 heavy (non-hydrogen) atoms. The van der Waals surface area contributed by atoms with Crippen molar-refractivity contribution in [2.24, 2.45) is 0 Å². The number of rotatable bonds is 8. The van der Waals surface area contributed by atoms with E-state index in [-0.39, 0.29) is 25.5 Å². The smallest absolute Gasteiger partial charge is 0.407 e. The zero-order valence-corrected chi connectivity index (χ0v) is 18.7. The molecule has 0 aliphatic heterocycles. The minimum absolute atomic E-state index is 0.0221. The molecule has 1 aromatic heterocycles. The van der Waals surface area contributed by atoms with Gasteiger partial charge in [-0.1, -0.05) is 48.5 Å². The fourth-order valence-electron chi connectivity index (χ4n) is 3.90. The van der Waals surface area contributed by atoms with Gasteiger partial charge in [0.25, 0.3) is 5.91 Å². The largest absolute Gasteiger partial charge is 0.481 e. The molecule has 3 aromatic rings. The second kappa shape index (κ2) is 9.83. The van der Waals surface area contributed by atoms with Crippen molar-refractivity contribution >= 4 is 29.3 Å². The maximum absolute atomic E-state index is 12.3. The SMILES string of the molecule is C[C@H](CC(=O)O)NC(=O)c1cnc(CNC(=O)OCC2c3ccccc3-c3ccccc32)s1. The van der Waals surface area contributed by atoms with Crippen molar-refractivity contribution in [2.45, 2.75) is 31.8 Å². The number of carboxylic acid groups (broad SMARTS) is 1. The number of hydrogen-bond acceptors (Lipinski definition) is 6. The summed E-state index contributed by atoms with van der Waals surface area (Å²) in [6.07, 6.45) is 0.677. The maximum atomic E-state index is 12.3. The second-order valence-electron chi connectivity index (χ2n) is 7.77. The molecule has 1 aliphatic carbocycles. The van der Waals surface area contributed by atoms with Crippen molar-refractivity contribution in [3.63, 3.8) is 0 Å². The summed E-state index contributed by atoms with van der Waals surface area (Å²) in [5.41, 5.74) is 4.60. The van der Waals surface area contributed by atoms with Gasteiger partial charge < -0.3 is 20.5 Å². The van der Waals surface area contributed by atoms with E-state index in [1.54, 1.807) is 6.92 Å². The first-order valence-corrected chi connectivity index (χ1v) is 11.3. The number of amides is 2. The third-order valence-electron chi connectivity index (χ3n) is 5.36. The summed E-state index contributed by atoms with van der Waals surface area (Å²) in [5.74, 6) is -1.40. The van der Waals surface area contributed by atoms with E-state index in [1.165, 1.54) is 6.20 Å². The Kier molecular flexibility index (Phi) is 6.69. The van der Waals surface area contributed by atoms with Crippen LogP contribution in [0.5, 0.6) is 0 Å². The van der Waals surface area contributed by atoms with Crippen LogP contribution in [-0.2, 0) is 16.1 Å². The molecule has 1 heterocycles. The molecule has 0 fully saturated rings. The molecule has 0 bridgehead atoms. The van der Waals surface area contributed by atoms with Gasteiger partial charge in [-0.25, -0.2) is 9.78 Å². The zero-order valence-electron chi connectivity index (χ0n) is 17.9. The molecule has 0 unspecified atom stereocenters. The highest BCUT2D eigenvalue weighted by Gasteiger charge is 2.29. The number of alkyl carbamates (subject to hydrolysis) is 1. The summed E-state index contributed by atoms with van der Waals surface area (Å²) in [4.78, 5) is 39.7. The van der Waals surface area contributed by atoms with E-state index in [2.05, 4.69) is 39.9 Å². The molecular formula is C24H23N3O5S. The first-order chi connectivity index (χ1) is 15.9. The lowest BCUT2D eigenvalue weighted by molar-refractivity contribution is -0.137. The van der Waals surface area contributed by atoms with Crippen LogP contribution >= 0.6 is 11.3 Å². The molecule has 2 aromatic carbocycles. The predicted molar refractivity (Wildman–Crippen MR) is 123 cm³/mol. The molecule has 2 amide bonds. The maximum Gasteiger partial charge on any atom is 0.407 e. The number of ether oxygens (including phenoxy) is 1. The Labute approximate surface area is 194 Å². The van der Waals surface area contributed by atoms with Gasteiger partial charge >= 0.3 is 12.1 Å². The summed E-state index contributed by atoms with van der Waals surface area (Å²) in [6, 6.07) is 15.7. The van der Waals surface area contributed by atoms with E-state index < -0.39 is 24.0 Å². The number of aliphatic carboxylic acids is 1. The van der Waals surface area contributed by atoms with Crippen LogP contribution in [0.1, 0.15) is 45.1 Å². The van der Waals surface area contributed by atoms with E-state index in [1.807, 2.05) is 24.3 Å². The van der Waals surface area contributed by atoms with Crippen molar-refractivity contribution < 1.29 is 24.2 Å². The number of carbonyl (C=O) groups excluding carboxylic acids is 2. The Morgan fingerprint density at radius 3 is 2.36 bits per heavy atom. The number of aromatic nitrogens is 1. The lowest BCUT2D eigenvalue weighted by atomic mass is 9.98. The van der Waals surface area contributed by atoms with Crippen LogP contribution in [0.15, 0.2) is 54.7 Å². The monoisotopic (exact) mass is 465 g/mol. The Balaban J connectivity index is 1.30. The second-order valence-corrected chi connectivity index (χ2v) is 8.88. The van der Waals surface area contributed by atoms with Gasteiger partial charge in [-0.2, -0.15) is 0 Å². The van der Waals surface area contributed by atoms with Crippen LogP contribution in [-0.4, -0.2) is 40.7 Å². The molecule has 0 saturated carbocycles. The molecule has 8 nitrogen and oxygen atoms in total. The third-order valence-corrected chi connectivity index (χ3v) is 6.36. The summed E-state index contributed by atoms with van der Waals surface area (Å²) >= 11 is 1.13. The van der Waals surface area contributed by atoms with E-state index in [9.17, 15) is 14.4 Å². The van der Waals surface area contributed by atoms with Crippen LogP contribution in [0.25, 0.3) is 11.1 Å². The Bertz CT molecular complexity index is 1150. The Morgan fingerprint density at radius 1 is 1.09 bits per heavy atom. The van der Waals surface area contributed by atoms with Gasteiger partial charge in [-0.15, -0.1) is 11.3 Å². The number of fused-ring (bicyclic) bond motifs is 3. The summed E-state index contributed by atoms with van der Waals surface area (Å²) < 4.78 is 5.50. The van der Waals surface area contributed by atoms with Gasteiger partial charge in [0.05, 0.1) is 19.2 Å². The van der Waals surface area contributed by atoms with Crippen molar-refractivity contribution in [1.82, 2.24) is 15.6 Å². The molecule has 0 radical (unpaired) electrons. The van der Waals surface area contributed by atoms with Crippen LogP contribution in [0.3, 0.4) is 0 Å². The number of benzene rings is 2. The molecule has 3 N–H and O–H groups in total. The topological polar surface area (TPSA) is 118 Å². The molecular weight excluding hydrogens is 442 g/mol. The van der Waals surface area contributed by atoms with Gasteiger partial charge in [0.15, 0.2) is 0 Å². The number of thiazole rings is 1. The molecule has 0 saturated heterocycles. The molecule has 9 heteroatoms. The highest BCUT2D eigenvalue weighted by molar-refractivity contribution is 7.13. The van der Waals surface area contributed by atoms with Crippen molar-refractivity contribution in [1.29, 1.82) is 0 Å². The van der Waals surface area contributed by atoms with E-state index in [0.717, 1.165) is 33.6 Å². The molecule has 4 rings (SSSR count). The zero-order chi connectivity index (χ0) is 23.4.